The van der Waals surface area contributed by atoms with E-state index in [4.69, 9.17) is 34.4 Å². The predicted octanol–water partition coefficient (Wildman–Crippen LogP) is 7.46. The first kappa shape index (κ1) is 41.8. The number of aromatic nitrogens is 2. The standard InChI is InChI=1S/C43H52N3O8P/c1-9-10-26-52-55(46(30(2)3)31(4)5)54-39-28-41(45-25-24-36(27-32(6)47)44-42(45)48)53-40(39)29-51-43(33-14-12-11-13-15-33,34-16-20-37(49-7)21-17-34)35-18-22-38(50-8)23-19-35/h1,11-25,30-31,39-41H,10,26-29H2,2-8H3. The third-order valence-electron chi connectivity index (χ3n) is 9.37. The van der Waals surface area contributed by atoms with Gasteiger partial charge in [-0.05, 0) is 81.6 Å². The smallest absolute Gasteiger partial charge is 0.349 e. The van der Waals surface area contributed by atoms with Crippen molar-refractivity contribution in [3.05, 3.63) is 124 Å². The zero-order valence-electron chi connectivity index (χ0n) is 32.7. The summed E-state index contributed by atoms with van der Waals surface area (Å²) in [5, 5.41) is 0. The van der Waals surface area contributed by atoms with Gasteiger partial charge in [-0.3, -0.25) is 9.36 Å². The number of ether oxygens (including phenoxy) is 4. The number of carbonyl (C=O) groups is 1. The molecule has 0 amide bonds. The molecule has 1 saturated heterocycles. The number of hydrogen-bond donors (Lipinski definition) is 0. The zero-order chi connectivity index (χ0) is 39.5. The molecule has 11 nitrogen and oxygen atoms in total. The van der Waals surface area contributed by atoms with E-state index in [9.17, 15) is 9.59 Å². The van der Waals surface area contributed by atoms with Crippen LogP contribution in [0.4, 0.5) is 0 Å². The van der Waals surface area contributed by atoms with Gasteiger partial charge < -0.3 is 28.0 Å². The van der Waals surface area contributed by atoms with Gasteiger partial charge in [0.2, 0.25) is 0 Å². The Morgan fingerprint density at radius 1 is 0.945 bits per heavy atom. The molecule has 4 atom stereocenters. The van der Waals surface area contributed by atoms with E-state index in [0.29, 0.717) is 36.6 Å². The van der Waals surface area contributed by atoms with Crippen LogP contribution < -0.4 is 15.2 Å². The second kappa shape index (κ2) is 19.5. The predicted molar refractivity (Wildman–Crippen MR) is 213 cm³/mol. The van der Waals surface area contributed by atoms with Crippen molar-refractivity contribution in [1.29, 1.82) is 0 Å². The fraction of sp³-hybridized carbons (Fsp3) is 0.419. The Morgan fingerprint density at radius 3 is 2.04 bits per heavy atom. The molecule has 0 radical (unpaired) electrons. The van der Waals surface area contributed by atoms with Gasteiger partial charge in [-0.1, -0.05) is 54.6 Å². The highest BCUT2D eigenvalue weighted by atomic mass is 31.2. The lowest BCUT2D eigenvalue weighted by Gasteiger charge is -2.39. The van der Waals surface area contributed by atoms with Crippen molar-refractivity contribution in [2.24, 2.45) is 0 Å². The summed E-state index contributed by atoms with van der Waals surface area (Å²) in [5.41, 5.74) is 1.39. The van der Waals surface area contributed by atoms with E-state index >= 15 is 0 Å². The number of methoxy groups -OCH3 is 2. The number of carbonyl (C=O) groups excluding carboxylic acids is 1. The second-order valence-corrected chi connectivity index (χ2v) is 15.3. The second-order valence-electron chi connectivity index (χ2n) is 13.9. The van der Waals surface area contributed by atoms with E-state index in [2.05, 4.69) is 43.3 Å². The Labute approximate surface area is 325 Å². The lowest BCUT2D eigenvalue weighted by molar-refractivity contribution is -0.116. The highest BCUT2D eigenvalue weighted by Crippen LogP contribution is 2.50. The maximum Gasteiger partial charge on any atom is 0.349 e. The molecular formula is C43H52N3O8P. The van der Waals surface area contributed by atoms with E-state index in [1.165, 1.54) is 11.5 Å². The van der Waals surface area contributed by atoms with Gasteiger partial charge in [-0.25, -0.2) is 9.46 Å². The molecule has 12 heteroatoms. The minimum Gasteiger partial charge on any atom is -0.497 e. The van der Waals surface area contributed by atoms with Crippen LogP contribution in [0.1, 0.15) is 76.1 Å². The number of nitrogens with zero attached hydrogens (tertiary/aromatic N) is 3. The molecule has 5 rings (SSSR count). The Kier molecular flexibility index (Phi) is 14.8. The van der Waals surface area contributed by atoms with Crippen LogP contribution in [0.3, 0.4) is 0 Å². The van der Waals surface area contributed by atoms with Crippen molar-refractivity contribution < 1.29 is 32.8 Å². The highest BCUT2D eigenvalue weighted by Gasteiger charge is 2.45. The van der Waals surface area contributed by atoms with Gasteiger partial charge >= 0.3 is 5.69 Å². The molecule has 1 aliphatic heterocycles. The zero-order valence-corrected chi connectivity index (χ0v) is 33.6. The molecule has 2 heterocycles. The molecule has 0 aliphatic carbocycles. The maximum atomic E-state index is 13.4. The average molecular weight is 770 g/mol. The largest absolute Gasteiger partial charge is 0.497 e. The van der Waals surface area contributed by atoms with Crippen LogP contribution in [0.15, 0.2) is 95.9 Å². The maximum absolute atomic E-state index is 13.4. The topological polar surface area (TPSA) is 111 Å². The van der Waals surface area contributed by atoms with Crippen molar-refractivity contribution in [2.75, 3.05) is 27.4 Å². The number of benzene rings is 3. The first-order chi connectivity index (χ1) is 26.5. The molecule has 1 fully saturated rings. The molecule has 4 aromatic rings. The van der Waals surface area contributed by atoms with Crippen LogP contribution in [0.25, 0.3) is 0 Å². The van der Waals surface area contributed by atoms with Gasteiger partial charge in [0.1, 0.15) is 35.2 Å². The van der Waals surface area contributed by atoms with Crippen LogP contribution in [-0.2, 0) is 35.3 Å². The monoisotopic (exact) mass is 769 g/mol. The normalized spacial score (nSPS) is 17.7. The van der Waals surface area contributed by atoms with E-state index in [1.807, 2.05) is 78.9 Å². The van der Waals surface area contributed by atoms with Crippen molar-refractivity contribution in [3.8, 4) is 23.8 Å². The Balaban J connectivity index is 1.59. The molecule has 0 bridgehead atoms. The lowest BCUT2D eigenvalue weighted by Crippen LogP contribution is -2.39. The molecule has 3 aromatic carbocycles. The summed E-state index contributed by atoms with van der Waals surface area (Å²) >= 11 is 0. The third kappa shape index (κ3) is 10.1. The van der Waals surface area contributed by atoms with Crippen LogP contribution in [0.5, 0.6) is 11.5 Å². The van der Waals surface area contributed by atoms with E-state index in [1.54, 1.807) is 26.5 Å². The van der Waals surface area contributed by atoms with E-state index in [0.717, 1.165) is 16.7 Å². The number of ketones is 1. The van der Waals surface area contributed by atoms with E-state index < -0.39 is 38.3 Å². The average Bonchev–Trinajstić information content (AvgIpc) is 3.57. The summed E-state index contributed by atoms with van der Waals surface area (Å²) in [6, 6.07) is 27.5. The van der Waals surface area contributed by atoms with Crippen LogP contribution in [-0.4, -0.2) is 71.7 Å². The summed E-state index contributed by atoms with van der Waals surface area (Å²) in [4.78, 5) is 29.4. The number of hydrogen-bond acceptors (Lipinski definition) is 10. The molecule has 0 N–H and O–H groups in total. The molecule has 1 aromatic heterocycles. The number of Topliss-reactive ketones (excluding diaryl/α,β-unsaturated/α-hetero) is 1. The molecule has 1 aliphatic rings. The fourth-order valence-electron chi connectivity index (χ4n) is 6.86. The molecule has 55 heavy (non-hydrogen) atoms. The van der Waals surface area contributed by atoms with Crippen LogP contribution >= 0.6 is 8.53 Å². The van der Waals surface area contributed by atoms with Gasteiger partial charge in [-0.2, -0.15) is 4.98 Å². The van der Waals surface area contributed by atoms with Crippen molar-refractivity contribution >= 4 is 14.3 Å². The van der Waals surface area contributed by atoms with Gasteiger partial charge in [0.15, 0.2) is 0 Å². The fourth-order valence-corrected chi connectivity index (χ4v) is 8.62. The van der Waals surface area contributed by atoms with Gasteiger partial charge in [0.05, 0.1) is 39.2 Å². The summed E-state index contributed by atoms with van der Waals surface area (Å²) < 4.78 is 42.0. The lowest BCUT2D eigenvalue weighted by atomic mass is 9.80. The Bertz CT molecular complexity index is 1870. The molecule has 292 valence electrons. The van der Waals surface area contributed by atoms with Crippen molar-refractivity contribution in [3.63, 3.8) is 0 Å². The minimum absolute atomic E-state index is 0.0651. The summed E-state index contributed by atoms with van der Waals surface area (Å²) in [6.45, 7) is 10.3. The van der Waals surface area contributed by atoms with Crippen molar-refractivity contribution in [1.82, 2.24) is 14.2 Å². The number of rotatable bonds is 19. The first-order valence-electron chi connectivity index (χ1n) is 18.5. The number of terminal acetylenes is 1. The van der Waals surface area contributed by atoms with Gasteiger partial charge in [-0.15, -0.1) is 12.3 Å². The molecule has 4 unspecified atom stereocenters. The molecule has 0 spiro atoms. The third-order valence-corrected chi connectivity index (χ3v) is 11.5. The quantitative estimate of drug-likeness (QED) is 0.0413. The molecule has 0 saturated carbocycles. The van der Waals surface area contributed by atoms with Crippen molar-refractivity contribution in [2.45, 2.75) is 90.0 Å². The summed E-state index contributed by atoms with van der Waals surface area (Å²) in [7, 11) is 1.66. The van der Waals surface area contributed by atoms with Gasteiger partial charge in [0.25, 0.3) is 8.53 Å². The first-order valence-corrected chi connectivity index (χ1v) is 19.7. The van der Waals surface area contributed by atoms with Gasteiger partial charge in [0, 0.05) is 37.5 Å². The molecular weight excluding hydrogens is 717 g/mol. The Hall–Kier alpha value is -4.40. The Morgan fingerprint density at radius 2 is 1.53 bits per heavy atom. The van der Waals surface area contributed by atoms with Crippen LogP contribution in [0.2, 0.25) is 0 Å². The van der Waals surface area contributed by atoms with Crippen LogP contribution in [0, 0.1) is 12.3 Å². The highest BCUT2D eigenvalue weighted by molar-refractivity contribution is 7.44. The SMILES string of the molecule is C#CCCOP(OC1CC(n2ccc(CC(C)=O)nc2=O)OC1COC(c1ccccc1)(c1ccc(OC)cc1)c1ccc(OC)cc1)N(C(C)C)C(C)C. The summed E-state index contributed by atoms with van der Waals surface area (Å²) in [6.07, 6.45) is 6.09. The minimum atomic E-state index is -1.61. The summed E-state index contributed by atoms with van der Waals surface area (Å²) in [5.74, 6) is 4.00. The van der Waals surface area contributed by atoms with E-state index in [-0.39, 0.29) is 30.9 Å².